The van der Waals surface area contributed by atoms with E-state index < -0.39 is 0 Å². The third kappa shape index (κ3) is 3.17. The van der Waals surface area contributed by atoms with Crippen LogP contribution in [0.25, 0.3) is 16.6 Å². The number of nitrogens with one attached hydrogen (secondary N) is 1. The highest BCUT2D eigenvalue weighted by Crippen LogP contribution is 2.25. The number of aryl methyl sites for hydroxylation is 1. The minimum Gasteiger partial charge on any atom is -0.353 e. The average Bonchev–Trinajstić information content (AvgIpc) is 2.96. The van der Waals surface area contributed by atoms with Gasteiger partial charge in [0.05, 0.1) is 11.3 Å². The van der Waals surface area contributed by atoms with Gasteiger partial charge in [-0.15, -0.1) is 10.2 Å². The standard InChI is InChI=1S/C17H20N4OS/c1-4-12(3)18-16(22)10-23-17-20-19-15-9-11(2)13-7-5-6-8-14(13)21(15)17/h5-9,12H,4,10H2,1-3H3,(H,18,22)/t12-/m0/s1. The van der Waals surface area contributed by atoms with E-state index in [9.17, 15) is 4.79 Å². The Bertz CT molecular complexity index is 858. The van der Waals surface area contributed by atoms with Crippen LogP contribution in [-0.4, -0.2) is 32.3 Å². The molecule has 0 radical (unpaired) electrons. The summed E-state index contributed by atoms with van der Waals surface area (Å²) in [5.74, 6) is 0.366. The topological polar surface area (TPSA) is 59.3 Å². The van der Waals surface area contributed by atoms with Crippen molar-refractivity contribution in [2.75, 3.05) is 5.75 Å². The van der Waals surface area contributed by atoms with Crippen LogP contribution in [0.5, 0.6) is 0 Å². The summed E-state index contributed by atoms with van der Waals surface area (Å²) in [6, 6.07) is 10.4. The van der Waals surface area contributed by atoms with Crippen LogP contribution in [-0.2, 0) is 4.79 Å². The normalized spacial score (nSPS) is 12.7. The minimum atomic E-state index is 0.0255. The molecular weight excluding hydrogens is 308 g/mol. The second-order valence-electron chi connectivity index (χ2n) is 5.69. The molecule has 0 aliphatic rings. The van der Waals surface area contributed by atoms with Crippen molar-refractivity contribution in [3.8, 4) is 0 Å². The molecule has 0 unspecified atom stereocenters. The molecule has 2 aromatic heterocycles. The summed E-state index contributed by atoms with van der Waals surface area (Å²) < 4.78 is 2.02. The smallest absolute Gasteiger partial charge is 0.230 e. The lowest BCUT2D eigenvalue weighted by atomic mass is 10.1. The van der Waals surface area contributed by atoms with E-state index in [2.05, 4.69) is 41.5 Å². The molecule has 0 aliphatic carbocycles. The van der Waals surface area contributed by atoms with Gasteiger partial charge in [-0.05, 0) is 38.0 Å². The van der Waals surface area contributed by atoms with Gasteiger partial charge in [-0.25, -0.2) is 0 Å². The summed E-state index contributed by atoms with van der Waals surface area (Å²) in [6.07, 6.45) is 0.925. The summed E-state index contributed by atoms with van der Waals surface area (Å²) >= 11 is 1.42. The van der Waals surface area contributed by atoms with Crippen LogP contribution in [0.3, 0.4) is 0 Å². The highest BCUT2D eigenvalue weighted by atomic mass is 32.2. The molecule has 0 saturated carbocycles. The Labute approximate surface area is 139 Å². The van der Waals surface area contributed by atoms with Gasteiger partial charge in [0.15, 0.2) is 10.8 Å². The molecule has 120 valence electrons. The van der Waals surface area contributed by atoms with E-state index in [1.807, 2.05) is 29.5 Å². The number of benzene rings is 1. The van der Waals surface area contributed by atoms with Crippen molar-refractivity contribution in [3.63, 3.8) is 0 Å². The van der Waals surface area contributed by atoms with Crippen molar-refractivity contribution in [1.29, 1.82) is 0 Å². The molecule has 3 rings (SSSR count). The maximum Gasteiger partial charge on any atom is 0.230 e. The van der Waals surface area contributed by atoms with Crippen LogP contribution in [0.4, 0.5) is 0 Å². The molecule has 0 bridgehead atoms. The molecule has 6 heteroatoms. The van der Waals surface area contributed by atoms with E-state index in [1.165, 1.54) is 22.7 Å². The van der Waals surface area contributed by atoms with E-state index in [4.69, 9.17) is 0 Å². The summed E-state index contributed by atoms with van der Waals surface area (Å²) in [7, 11) is 0. The second kappa shape index (κ2) is 6.58. The molecule has 0 spiro atoms. The highest BCUT2D eigenvalue weighted by molar-refractivity contribution is 7.99. The summed E-state index contributed by atoms with van der Waals surface area (Å²) in [4.78, 5) is 12.0. The number of pyridine rings is 1. The van der Waals surface area contributed by atoms with Gasteiger partial charge in [-0.1, -0.05) is 36.9 Å². The van der Waals surface area contributed by atoms with E-state index in [0.29, 0.717) is 5.75 Å². The average molecular weight is 328 g/mol. The van der Waals surface area contributed by atoms with Gasteiger partial charge >= 0.3 is 0 Å². The minimum absolute atomic E-state index is 0.0255. The fourth-order valence-corrected chi connectivity index (χ4v) is 3.28. The zero-order valence-corrected chi connectivity index (χ0v) is 14.4. The first kappa shape index (κ1) is 15.8. The second-order valence-corrected chi connectivity index (χ2v) is 6.63. The fourth-order valence-electron chi connectivity index (χ4n) is 2.52. The molecule has 5 nitrogen and oxygen atoms in total. The first-order valence-electron chi connectivity index (χ1n) is 7.75. The number of thioether (sulfide) groups is 1. The van der Waals surface area contributed by atoms with E-state index in [-0.39, 0.29) is 11.9 Å². The van der Waals surface area contributed by atoms with E-state index >= 15 is 0 Å². The summed E-state index contributed by atoms with van der Waals surface area (Å²) in [5, 5.41) is 13.4. The first-order chi connectivity index (χ1) is 11.1. The lowest BCUT2D eigenvalue weighted by Gasteiger charge is -2.11. The van der Waals surface area contributed by atoms with E-state index in [1.54, 1.807) is 0 Å². The van der Waals surface area contributed by atoms with Crippen LogP contribution in [0.2, 0.25) is 0 Å². The Morgan fingerprint density at radius 2 is 2.13 bits per heavy atom. The van der Waals surface area contributed by atoms with Crippen molar-refractivity contribution in [2.45, 2.75) is 38.4 Å². The monoisotopic (exact) mass is 328 g/mol. The molecule has 0 aliphatic heterocycles. The number of aromatic nitrogens is 3. The van der Waals surface area contributed by atoms with Gasteiger partial charge in [0.2, 0.25) is 5.91 Å². The summed E-state index contributed by atoms with van der Waals surface area (Å²) in [6.45, 7) is 6.13. The van der Waals surface area contributed by atoms with Crippen molar-refractivity contribution in [3.05, 3.63) is 35.9 Å². The van der Waals surface area contributed by atoms with Gasteiger partial charge in [-0.3, -0.25) is 9.20 Å². The van der Waals surface area contributed by atoms with Gasteiger partial charge in [0.1, 0.15) is 0 Å². The number of rotatable bonds is 5. The number of nitrogens with zero attached hydrogens (tertiary/aromatic N) is 3. The van der Waals surface area contributed by atoms with Crippen molar-refractivity contribution < 1.29 is 4.79 Å². The predicted molar refractivity (Wildman–Crippen MR) is 93.8 cm³/mol. The van der Waals surface area contributed by atoms with E-state index in [0.717, 1.165) is 22.7 Å². The van der Waals surface area contributed by atoms with Gasteiger partial charge < -0.3 is 5.32 Å². The van der Waals surface area contributed by atoms with Crippen molar-refractivity contribution in [1.82, 2.24) is 19.9 Å². The fraction of sp³-hybridized carbons (Fsp3) is 0.353. The maximum atomic E-state index is 12.0. The highest BCUT2D eigenvalue weighted by Gasteiger charge is 2.13. The van der Waals surface area contributed by atoms with Crippen LogP contribution in [0.1, 0.15) is 25.8 Å². The number of para-hydroxylation sites is 1. The van der Waals surface area contributed by atoms with Crippen LogP contribution >= 0.6 is 11.8 Å². The maximum absolute atomic E-state index is 12.0. The van der Waals surface area contributed by atoms with Crippen molar-refractivity contribution in [2.24, 2.45) is 0 Å². The quantitative estimate of drug-likeness (QED) is 0.731. The number of amides is 1. The Kier molecular flexibility index (Phi) is 4.52. The van der Waals surface area contributed by atoms with Crippen LogP contribution < -0.4 is 5.32 Å². The molecule has 1 amide bonds. The zero-order valence-electron chi connectivity index (χ0n) is 13.5. The molecule has 1 N–H and O–H groups in total. The Morgan fingerprint density at radius 3 is 2.91 bits per heavy atom. The van der Waals surface area contributed by atoms with Crippen molar-refractivity contribution >= 4 is 34.2 Å². The molecule has 3 aromatic rings. The van der Waals surface area contributed by atoms with Gasteiger partial charge in [0, 0.05) is 11.4 Å². The zero-order chi connectivity index (χ0) is 16.4. The Hall–Kier alpha value is -2.08. The van der Waals surface area contributed by atoms with Gasteiger partial charge in [-0.2, -0.15) is 0 Å². The molecule has 0 saturated heterocycles. The Morgan fingerprint density at radius 1 is 1.35 bits per heavy atom. The lowest BCUT2D eigenvalue weighted by Crippen LogP contribution is -2.33. The number of carbonyl (C=O) groups is 1. The number of hydrogen-bond acceptors (Lipinski definition) is 4. The molecule has 0 fully saturated rings. The molecular formula is C17H20N4OS. The largest absolute Gasteiger partial charge is 0.353 e. The third-order valence-corrected chi connectivity index (χ3v) is 4.85. The SMILES string of the molecule is CC[C@H](C)NC(=O)CSc1nnc2cc(C)c3ccccc3n12. The molecule has 23 heavy (non-hydrogen) atoms. The first-order valence-corrected chi connectivity index (χ1v) is 8.74. The van der Waals surface area contributed by atoms with Crippen LogP contribution in [0, 0.1) is 6.92 Å². The number of hydrogen-bond donors (Lipinski definition) is 1. The molecule has 1 atom stereocenters. The van der Waals surface area contributed by atoms with Crippen LogP contribution in [0.15, 0.2) is 35.5 Å². The number of fused-ring (bicyclic) bond motifs is 3. The summed E-state index contributed by atoms with van der Waals surface area (Å²) in [5.41, 5.74) is 3.05. The number of carbonyl (C=O) groups excluding carboxylic acids is 1. The Balaban J connectivity index is 1.90. The molecule has 1 aromatic carbocycles. The molecule has 2 heterocycles. The third-order valence-electron chi connectivity index (χ3n) is 3.93. The lowest BCUT2D eigenvalue weighted by molar-refractivity contribution is -0.119. The van der Waals surface area contributed by atoms with Gasteiger partial charge in [0.25, 0.3) is 0 Å². The predicted octanol–water partition coefficient (Wildman–Crippen LogP) is 3.20.